The third-order valence-electron chi connectivity index (χ3n) is 4.79. The molecule has 2 aromatic heterocycles. The monoisotopic (exact) mass is 364 g/mol. The van der Waals surface area contributed by atoms with E-state index in [0.29, 0.717) is 0 Å². The van der Waals surface area contributed by atoms with Crippen LogP contribution in [0.2, 0.25) is 0 Å². The number of hydrogen-bond acceptors (Lipinski definition) is 2. The molecular formula is C26H24N2. The van der Waals surface area contributed by atoms with Gasteiger partial charge in [-0.15, -0.1) is 0 Å². The normalized spacial score (nSPS) is 10.3. The predicted octanol–water partition coefficient (Wildman–Crippen LogP) is 7.39. The van der Waals surface area contributed by atoms with Crippen molar-refractivity contribution in [3.63, 3.8) is 0 Å². The Morgan fingerprint density at radius 2 is 0.821 bits per heavy atom. The molecule has 138 valence electrons. The van der Waals surface area contributed by atoms with Gasteiger partial charge in [0, 0.05) is 23.2 Å². The molecule has 0 aliphatic carbocycles. The molecule has 5 rings (SSSR count). The Bertz CT molecular complexity index is 1110. The zero-order valence-electron chi connectivity index (χ0n) is 14.1. The van der Waals surface area contributed by atoms with Gasteiger partial charge in [-0.1, -0.05) is 87.6 Å². The molecule has 0 atom stereocenters. The highest BCUT2D eigenvalue weighted by atomic mass is 14.7. The van der Waals surface area contributed by atoms with E-state index < -0.39 is 0 Å². The summed E-state index contributed by atoms with van der Waals surface area (Å²) in [6.07, 6.45) is 3.75. The number of hydrogen-bond donors (Lipinski definition) is 0. The predicted molar refractivity (Wildman–Crippen MR) is 121 cm³/mol. The first kappa shape index (κ1) is 19.2. The number of fused-ring (bicyclic) bond motifs is 3. The molecule has 3 aromatic carbocycles. The van der Waals surface area contributed by atoms with E-state index in [-0.39, 0.29) is 14.9 Å². The van der Waals surface area contributed by atoms with E-state index in [4.69, 9.17) is 0 Å². The minimum Gasteiger partial charge on any atom is -0.254 e. The lowest BCUT2D eigenvalue weighted by Crippen LogP contribution is -1.90. The van der Waals surface area contributed by atoms with E-state index >= 15 is 0 Å². The third-order valence-corrected chi connectivity index (χ3v) is 4.79. The van der Waals surface area contributed by atoms with Crippen molar-refractivity contribution < 1.29 is 0 Å². The number of nitrogens with zero attached hydrogens (tertiary/aromatic N) is 2. The summed E-state index contributed by atoms with van der Waals surface area (Å²) in [7, 11) is 0. The molecule has 2 heteroatoms. The number of rotatable bonds is 2. The lowest BCUT2D eigenvalue weighted by molar-refractivity contribution is 1.37. The maximum Gasteiger partial charge on any atom is 0.0970 e. The second kappa shape index (κ2) is 8.01. The minimum absolute atomic E-state index is 0. The topological polar surface area (TPSA) is 25.8 Å². The van der Waals surface area contributed by atoms with Crippen molar-refractivity contribution in [1.29, 1.82) is 0 Å². The molecule has 28 heavy (non-hydrogen) atoms. The van der Waals surface area contributed by atoms with Crippen molar-refractivity contribution in [3.05, 3.63) is 97.3 Å². The Balaban J connectivity index is 0.00000112. The Morgan fingerprint density at radius 3 is 1.21 bits per heavy atom. The van der Waals surface area contributed by atoms with Crippen LogP contribution in [0.3, 0.4) is 0 Å². The average Bonchev–Trinajstić information content (AvgIpc) is 2.74. The first-order valence-corrected chi connectivity index (χ1v) is 8.69. The summed E-state index contributed by atoms with van der Waals surface area (Å²) in [5.41, 5.74) is 6.65. The summed E-state index contributed by atoms with van der Waals surface area (Å²) in [6, 6.07) is 29.3. The third kappa shape index (κ3) is 3.14. The van der Waals surface area contributed by atoms with Gasteiger partial charge in [0.25, 0.3) is 0 Å². The Morgan fingerprint density at radius 1 is 0.429 bits per heavy atom. The molecule has 0 bridgehead atoms. The molecule has 0 radical (unpaired) electrons. The van der Waals surface area contributed by atoms with Crippen LogP contribution in [0.15, 0.2) is 97.3 Å². The van der Waals surface area contributed by atoms with E-state index in [9.17, 15) is 0 Å². The second-order valence-electron chi connectivity index (χ2n) is 6.31. The zero-order chi connectivity index (χ0) is 17.3. The molecule has 0 saturated carbocycles. The van der Waals surface area contributed by atoms with Gasteiger partial charge in [-0.25, -0.2) is 0 Å². The molecule has 2 heterocycles. The molecule has 0 spiro atoms. The average molecular weight is 364 g/mol. The quantitative estimate of drug-likeness (QED) is 0.305. The molecule has 2 nitrogen and oxygen atoms in total. The van der Waals surface area contributed by atoms with Crippen LogP contribution < -0.4 is 0 Å². The van der Waals surface area contributed by atoms with Crippen LogP contribution in [0.5, 0.6) is 0 Å². The fraction of sp³-hybridized carbons (Fsp3) is 0.0769. The van der Waals surface area contributed by atoms with Crippen molar-refractivity contribution in [1.82, 2.24) is 9.97 Å². The summed E-state index contributed by atoms with van der Waals surface area (Å²) in [4.78, 5) is 9.34. The summed E-state index contributed by atoms with van der Waals surface area (Å²) in [5, 5.41) is 2.26. The van der Waals surface area contributed by atoms with Gasteiger partial charge in [-0.3, -0.25) is 9.97 Å². The molecule has 5 aromatic rings. The Kier molecular flexibility index (Phi) is 5.51. The fourth-order valence-electron chi connectivity index (χ4n) is 3.57. The van der Waals surface area contributed by atoms with Crippen molar-refractivity contribution in [2.45, 2.75) is 14.9 Å². The molecule has 0 fully saturated rings. The molecule has 0 N–H and O–H groups in total. The summed E-state index contributed by atoms with van der Waals surface area (Å²) in [5.74, 6) is 0. The van der Waals surface area contributed by atoms with Gasteiger partial charge in [0.05, 0.1) is 11.0 Å². The second-order valence-corrected chi connectivity index (χ2v) is 6.31. The SMILES string of the molecule is C.C.c1ccc(-c2ccnc3c2ccc2c(-c4ccccc4)ccnc23)cc1. The van der Waals surface area contributed by atoms with E-state index in [2.05, 4.69) is 82.8 Å². The van der Waals surface area contributed by atoms with Crippen molar-refractivity contribution in [2.24, 2.45) is 0 Å². The van der Waals surface area contributed by atoms with Crippen LogP contribution in [0.1, 0.15) is 14.9 Å². The van der Waals surface area contributed by atoms with Gasteiger partial charge in [-0.05, 0) is 34.4 Å². The number of benzene rings is 3. The van der Waals surface area contributed by atoms with Gasteiger partial charge < -0.3 is 0 Å². The fourth-order valence-corrected chi connectivity index (χ4v) is 3.57. The molecular weight excluding hydrogens is 340 g/mol. The number of aromatic nitrogens is 2. The van der Waals surface area contributed by atoms with Crippen LogP contribution in [0, 0.1) is 0 Å². The highest BCUT2D eigenvalue weighted by Gasteiger charge is 2.11. The standard InChI is InChI=1S/C24H16N2.2CH4/c1-3-7-17(8-4-1)19-13-15-25-23-21(19)11-12-22-20(14-16-26-24(22)23)18-9-5-2-6-10-18;;/h1-16H;2*1H4. The Hall–Kier alpha value is -3.52. The van der Waals surface area contributed by atoms with Gasteiger partial charge in [0.2, 0.25) is 0 Å². The maximum atomic E-state index is 4.67. The number of pyridine rings is 2. The van der Waals surface area contributed by atoms with E-state index in [1.54, 1.807) is 0 Å². The van der Waals surface area contributed by atoms with Crippen molar-refractivity contribution in [3.8, 4) is 22.3 Å². The van der Waals surface area contributed by atoms with Crippen LogP contribution in [-0.2, 0) is 0 Å². The molecule has 0 unspecified atom stereocenters. The van der Waals surface area contributed by atoms with Gasteiger partial charge in [-0.2, -0.15) is 0 Å². The van der Waals surface area contributed by atoms with E-state index in [0.717, 1.165) is 21.8 Å². The summed E-state index contributed by atoms with van der Waals surface area (Å²) >= 11 is 0. The highest BCUT2D eigenvalue weighted by molar-refractivity contribution is 6.11. The van der Waals surface area contributed by atoms with Crippen molar-refractivity contribution in [2.75, 3.05) is 0 Å². The van der Waals surface area contributed by atoms with Crippen LogP contribution >= 0.6 is 0 Å². The first-order chi connectivity index (χ1) is 12.9. The minimum atomic E-state index is 0. The molecule has 0 aliphatic rings. The van der Waals surface area contributed by atoms with E-state index in [1.165, 1.54) is 22.3 Å². The van der Waals surface area contributed by atoms with Gasteiger partial charge in [0.1, 0.15) is 0 Å². The molecule has 0 saturated heterocycles. The lowest BCUT2D eigenvalue weighted by Gasteiger charge is -2.11. The molecule has 0 amide bonds. The highest BCUT2D eigenvalue weighted by Crippen LogP contribution is 2.34. The van der Waals surface area contributed by atoms with Crippen molar-refractivity contribution >= 4 is 21.8 Å². The smallest absolute Gasteiger partial charge is 0.0970 e. The summed E-state index contributed by atoms with van der Waals surface area (Å²) in [6.45, 7) is 0. The lowest BCUT2D eigenvalue weighted by atomic mass is 9.97. The summed E-state index contributed by atoms with van der Waals surface area (Å²) < 4.78 is 0. The van der Waals surface area contributed by atoms with Crippen LogP contribution in [0.25, 0.3) is 44.1 Å². The van der Waals surface area contributed by atoms with Gasteiger partial charge >= 0.3 is 0 Å². The first-order valence-electron chi connectivity index (χ1n) is 8.69. The maximum absolute atomic E-state index is 4.67. The largest absolute Gasteiger partial charge is 0.254 e. The van der Waals surface area contributed by atoms with E-state index in [1.807, 2.05) is 24.5 Å². The molecule has 0 aliphatic heterocycles. The van der Waals surface area contributed by atoms with Crippen LogP contribution in [-0.4, -0.2) is 9.97 Å². The zero-order valence-corrected chi connectivity index (χ0v) is 14.1. The van der Waals surface area contributed by atoms with Crippen LogP contribution in [0.4, 0.5) is 0 Å². The Labute approximate surface area is 166 Å². The van der Waals surface area contributed by atoms with Gasteiger partial charge in [0.15, 0.2) is 0 Å².